The van der Waals surface area contributed by atoms with Crippen LogP contribution in [0.1, 0.15) is 0 Å². The summed E-state index contributed by atoms with van der Waals surface area (Å²) in [4.78, 5) is 0. The number of rotatable bonds is 2. The summed E-state index contributed by atoms with van der Waals surface area (Å²) >= 11 is 0. The van der Waals surface area contributed by atoms with E-state index in [0.29, 0.717) is 11.4 Å². The summed E-state index contributed by atoms with van der Waals surface area (Å²) in [5, 5.41) is 19.4. The minimum Gasteiger partial charge on any atom is -0.629 e. The smallest absolute Gasteiger partial charge is 0.156 e. The van der Waals surface area contributed by atoms with Crippen molar-refractivity contribution in [2.24, 2.45) is 0 Å². The Morgan fingerprint density at radius 3 is 2.55 bits per heavy atom. The van der Waals surface area contributed by atoms with Gasteiger partial charge in [-0.2, -0.15) is 0 Å². The monoisotopic (exact) mass is 154 g/mol. The molecule has 0 fully saturated rings. The van der Waals surface area contributed by atoms with Crippen molar-refractivity contribution in [3.63, 3.8) is 0 Å². The topological polar surface area (TPSA) is 59.8 Å². The van der Waals surface area contributed by atoms with E-state index in [1.165, 1.54) is 7.05 Å². The van der Waals surface area contributed by atoms with Crippen molar-refractivity contribution in [2.45, 2.75) is 0 Å². The van der Waals surface area contributed by atoms with Crippen LogP contribution in [-0.4, -0.2) is 12.3 Å². The van der Waals surface area contributed by atoms with Crippen molar-refractivity contribution >= 4 is 11.4 Å². The SMILES string of the molecule is C[NH+]([O-])c1ccccc1NO. The summed E-state index contributed by atoms with van der Waals surface area (Å²) in [5.41, 5.74) is 2.90. The van der Waals surface area contributed by atoms with Gasteiger partial charge in [-0.3, -0.25) is 10.7 Å². The first-order chi connectivity index (χ1) is 5.25. The molecule has 0 saturated carbocycles. The zero-order valence-corrected chi connectivity index (χ0v) is 6.16. The second-order valence-electron chi connectivity index (χ2n) is 2.21. The molecule has 1 atom stereocenters. The quantitative estimate of drug-likeness (QED) is 0.531. The first-order valence-electron chi connectivity index (χ1n) is 3.26. The highest BCUT2D eigenvalue weighted by molar-refractivity contribution is 5.59. The molecule has 11 heavy (non-hydrogen) atoms. The molecule has 4 nitrogen and oxygen atoms in total. The van der Waals surface area contributed by atoms with Gasteiger partial charge in [0, 0.05) is 6.07 Å². The predicted molar refractivity (Wildman–Crippen MR) is 41.8 cm³/mol. The Labute approximate surface area is 64.6 Å². The number of nitrogens with one attached hydrogen (secondary N) is 2. The Morgan fingerprint density at radius 2 is 2.09 bits per heavy atom. The first-order valence-corrected chi connectivity index (χ1v) is 3.26. The summed E-state index contributed by atoms with van der Waals surface area (Å²) in [6.07, 6.45) is 0. The molecule has 0 heterocycles. The van der Waals surface area contributed by atoms with Crippen LogP contribution in [0.4, 0.5) is 11.4 Å². The van der Waals surface area contributed by atoms with Gasteiger partial charge in [0.15, 0.2) is 5.69 Å². The lowest BCUT2D eigenvalue weighted by molar-refractivity contribution is -0.750. The van der Waals surface area contributed by atoms with Crippen LogP contribution in [-0.2, 0) is 0 Å². The van der Waals surface area contributed by atoms with Crippen LogP contribution in [0.25, 0.3) is 0 Å². The molecule has 0 aromatic heterocycles. The summed E-state index contributed by atoms with van der Waals surface area (Å²) in [7, 11) is 1.45. The third-order valence-electron chi connectivity index (χ3n) is 1.43. The molecule has 3 N–H and O–H groups in total. The van der Waals surface area contributed by atoms with Crippen molar-refractivity contribution in [1.82, 2.24) is 0 Å². The Morgan fingerprint density at radius 1 is 1.45 bits per heavy atom. The molecule has 1 rings (SSSR count). The molecule has 0 radical (unpaired) electrons. The van der Waals surface area contributed by atoms with Crippen LogP contribution in [0.15, 0.2) is 24.3 Å². The highest BCUT2D eigenvalue weighted by Gasteiger charge is 2.02. The number of para-hydroxylation sites is 2. The summed E-state index contributed by atoms with van der Waals surface area (Å²) in [5.74, 6) is 0. The molecule has 60 valence electrons. The number of hydroxylamine groups is 1. The normalized spacial score (nSPS) is 12.6. The fourth-order valence-corrected chi connectivity index (χ4v) is 0.888. The average molecular weight is 154 g/mol. The summed E-state index contributed by atoms with van der Waals surface area (Å²) < 4.78 is 0. The van der Waals surface area contributed by atoms with Gasteiger partial charge in [-0.25, -0.2) is 0 Å². The van der Waals surface area contributed by atoms with E-state index in [1.807, 2.05) is 5.48 Å². The van der Waals surface area contributed by atoms with E-state index in [1.54, 1.807) is 24.3 Å². The molecular formula is C7H10N2O2. The molecule has 0 aliphatic rings. The van der Waals surface area contributed by atoms with Crippen LogP contribution in [0, 0.1) is 5.21 Å². The van der Waals surface area contributed by atoms with Gasteiger partial charge in [-0.15, -0.1) is 0 Å². The lowest BCUT2D eigenvalue weighted by Crippen LogP contribution is -2.98. The van der Waals surface area contributed by atoms with E-state index in [4.69, 9.17) is 5.21 Å². The predicted octanol–water partition coefficient (Wildman–Crippen LogP) is 0.132. The Bertz CT molecular complexity index is 238. The van der Waals surface area contributed by atoms with Gasteiger partial charge in [0.2, 0.25) is 0 Å². The van der Waals surface area contributed by atoms with E-state index in [9.17, 15) is 5.21 Å². The number of quaternary nitrogens is 1. The molecule has 4 heteroatoms. The molecule has 0 aliphatic heterocycles. The first kappa shape index (κ1) is 8.00. The van der Waals surface area contributed by atoms with Crippen LogP contribution < -0.4 is 10.5 Å². The maximum Gasteiger partial charge on any atom is 0.156 e. The third kappa shape index (κ3) is 1.68. The van der Waals surface area contributed by atoms with Crippen LogP contribution in [0.5, 0.6) is 0 Å². The molecule has 0 spiro atoms. The molecular weight excluding hydrogens is 144 g/mol. The zero-order chi connectivity index (χ0) is 8.27. The van der Waals surface area contributed by atoms with Gasteiger partial charge in [0.25, 0.3) is 0 Å². The van der Waals surface area contributed by atoms with Crippen molar-refractivity contribution in [2.75, 3.05) is 12.5 Å². The molecule has 1 aromatic rings. The van der Waals surface area contributed by atoms with Gasteiger partial charge >= 0.3 is 0 Å². The number of hydrogen-bond acceptors (Lipinski definition) is 3. The minimum absolute atomic E-state index is 0.0675. The second kappa shape index (κ2) is 3.34. The van der Waals surface area contributed by atoms with Gasteiger partial charge in [-0.05, 0) is 6.07 Å². The average Bonchev–Trinajstić information content (AvgIpc) is 2.04. The highest BCUT2D eigenvalue weighted by atomic mass is 16.5. The van der Waals surface area contributed by atoms with Gasteiger partial charge in [-0.1, -0.05) is 12.1 Å². The Balaban J connectivity index is 3.02. The zero-order valence-electron chi connectivity index (χ0n) is 6.16. The second-order valence-corrected chi connectivity index (χ2v) is 2.21. The molecule has 1 unspecified atom stereocenters. The van der Waals surface area contributed by atoms with Crippen molar-refractivity contribution in [3.05, 3.63) is 29.5 Å². The standard InChI is InChI=1S/C7H10N2O2/c1-9(11)7-5-3-2-4-6(7)8-10/h2-5,8-10H,1H3. The van der Waals surface area contributed by atoms with Crippen molar-refractivity contribution in [1.29, 1.82) is 0 Å². The maximum absolute atomic E-state index is 10.9. The molecule has 1 aromatic carbocycles. The largest absolute Gasteiger partial charge is 0.629 e. The van der Waals surface area contributed by atoms with Gasteiger partial charge < -0.3 is 10.3 Å². The van der Waals surface area contributed by atoms with Crippen molar-refractivity contribution in [3.8, 4) is 0 Å². The number of benzene rings is 1. The Kier molecular flexibility index (Phi) is 2.43. The number of hydrogen-bond donors (Lipinski definition) is 3. The fraction of sp³-hybridized carbons (Fsp3) is 0.143. The minimum atomic E-state index is -0.0675. The molecule has 0 bridgehead atoms. The van der Waals surface area contributed by atoms with Crippen LogP contribution >= 0.6 is 0 Å². The van der Waals surface area contributed by atoms with E-state index < -0.39 is 0 Å². The number of anilines is 1. The van der Waals surface area contributed by atoms with Crippen LogP contribution in [0.3, 0.4) is 0 Å². The lowest BCUT2D eigenvalue weighted by Gasteiger charge is -2.17. The van der Waals surface area contributed by atoms with Crippen LogP contribution in [0.2, 0.25) is 0 Å². The van der Waals surface area contributed by atoms with Crippen molar-refractivity contribution < 1.29 is 10.3 Å². The molecule has 0 aliphatic carbocycles. The summed E-state index contributed by atoms with van der Waals surface area (Å²) in [6, 6.07) is 6.78. The summed E-state index contributed by atoms with van der Waals surface area (Å²) in [6.45, 7) is 0. The fourth-order valence-electron chi connectivity index (χ4n) is 0.888. The van der Waals surface area contributed by atoms with E-state index in [0.717, 1.165) is 0 Å². The Hall–Kier alpha value is -1.10. The highest BCUT2D eigenvalue weighted by Crippen LogP contribution is 2.14. The molecule has 0 amide bonds. The van der Waals surface area contributed by atoms with Gasteiger partial charge in [0.05, 0.1) is 7.05 Å². The maximum atomic E-state index is 10.9. The molecule has 0 saturated heterocycles. The van der Waals surface area contributed by atoms with E-state index in [2.05, 4.69) is 0 Å². The third-order valence-corrected chi connectivity index (χ3v) is 1.43. The lowest BCUT2D eigenvalue weighted by atomic mass is 10.3. The van der Waals surface area contributed by atoms with E-state index >= 15 is 0 Å². The van der Waals surface area contributed by atoms with Gasteiger partial charge in [0.1, 0.15) is 5.69 Å². The van der Waals surface area contributed by atoms with E-state index in [-0.39, 0.29) is 5.06 Å².